The predicted molar refractivity (Wildman–Crippen MR) is 73.3 cm³/mol. The van der Waals surface area contributed by atoms with Crippen LogP contribution in [0.25, 0.3) is 0 Å². The number of amides is 1. The highest BCUT2D eigenvalue weighted by Gasteiger charge is 2.47. The van der Waals surface area contributed by atoms with Crippen LogP contribution >= 0.6 is 0 Å². The molecule has 0 aromatic carbocycles. The Labute approximate surface area is 111 Å². The molecule has 1 saturated carbocycles. The lowest BCUT2D eigenvalue weighted by atomic mass is 9.98. The summed E-state index contributed by atoms with van der Waals surface area (Å²) in [7, 11) is 2.15. The van der Waals surface area contributed by atoms with Gasteiger partial charge < -0.3 is 9.80 Å². The van der Waals surface area contributed by atoms with Crippen LogP contribution in [0.3, 0.4) is 0 Å². The first-order valence-electron chi connectivity index (χ1n) is 7.34. The number of carbonyl (C=O) groups is 1. The van der Waals surface area contributed by atoms with Crippen LogP contribution in [0.15, 0.2) is 0 Å². The molecule has 1 spiro atoms. The molecule has 18 heavy (non-hydrogen) atoms. The number of nitrogens with zero attached hydrogens (tertiary/aromatic N) is 2. The Balaban J connectivity index is 1.83. The molecule has 1 aliphatic carbocycles. The first-order chi connectivity index (χ1) is 8.59. The number of hydrogen-bond donors (Lipinski definition) is 1. The molecule has 1 N–H and O–H groups in total. The van der Waals surface area contributed by atoms with E-state index in [0.29, 0.717) is 11.9 Å². The second-order valence-corrected chi connectivity index (χ2v) is 5.93. The Hall–Kier alpha value is -0.610. The molecule has 1 aliphatic heterocycles. The van der Waals surface area contributed by atoms with E-state index in [0.717, 1.165) is 39.0 Å². The molecular weight excluding hydrogens is 226 g/mol. The second kappa shape index (κ2) is 5.57. The van der Waals surface area contributed by atoms with Gasteiger partial charge in [0.15, 0.2) is 0 Å². The van der Waals surface area contributed by atoms with E-state index in [4.69, 9.17) is 0 Å². The minimum Gasteiger partial charge on any atom is -0.327 e. The smallest absolute Gasteiger partial charge is 0.244 e. The first-order valence-corrected chi connectivity index (χ1v) is 7.34. The highest BCUT2D eigenvalue weighted by molar-refractivity contribution is 5.88. The molecule has 4 nitrogen and oxygen atoms in total. The fraction of sp³-hybridized carbons (Fsp3) is 0.929. The van der Waals surface area contributed by atoms with Gasteiger partial charge >= 0.3 is 0 Å². The summed E-state index contributed by atoms with van der Waals surface area (Å²) >= 11 is 0. The quantitative estimate of drug-likeness (QED) is 0.805. The van der Waals surface area contributed by atoms with E-state index in [-0.39, 0.29) is 5.54 Å². The van der Waals surface area contributed by atoms with E-state index in [1.165, 1.54) is 12.8 Å². The van der Waals surface area contributed by atoms with Gasteiger partial charge in [-0.3, -0.25) is 10.1 Å². The molecule has 1 amide bonds. The zero-order valence-corrected chi connectivity index (χ0v) is 12.0. The van der Waals surface area contributed by atoms with Crippen LogP contribution in [0.1, 0.15) is 46.0 Å². The summed E-state index contributed by atoms with van der Waals surface area (Å²) in [6, 6.07) is 0.594. The van der Waals surface area contributed by atoms with E-state index >= 15 is 0 Å². The number of hydrogen-bond acceptors (Lipinski definition) is 3. The number of nitrogens with one attached hydrogen (secondary N) is 1. The molecule has 1 unspecified atom stereocenters. The van der Waals surface area contributed by atoms with Gasteiger partial charge in [0.1, 0.15) is 0 Å². The summed E-state index contributed by atoms with van der Waals surface area (Å²) in [5.74, 6) is 0.345. The number of rotatable bonds is 5. The van der Waals surface area contributed by atoms with Gasteiger partial charge in [-0.25, -0.2) is 0 Å². The van der Waals surface area contributed by atoms with Crippen LogP contribution in [0.4, 0.5) is 0 Å². The third-order valence-corrected chi connectivity index (χ3v) is 4.83. The highest BCUT2D eigenvalue weighted by atomic mass is 16.2. The molecule has 0 bridgehead atoms. The van der Waals surface area contributed by atoms with E-state index in [2.05, 4.69) is 31.1 Å². The molecule has 4 heteroatoms. The number of carbonyl (C=O) groups excluding carboxylic acids is 1. The van der Waals surface area contributed by atoms with Crippen molar-refractivity contribution in [3.05, 3.63) is 0 Å². The Morgan fingerprint density at radius 1 is 1.44 bits per heavy atom. The van der Waals surface area contributed by atoms with Crippen molar-refractivity contribution < 1.29 is 4.79 Å². The molecule has 0 aromatic rings. The summed E-state index contributed by atoms with van der Waals surface area (Å²) < 4.78 is 0. The summed E-state index contributed by atoms with van der Waals surface area (Å²) in [4.78, 5) is 16.8. The average Bonchev–Trinajstić information content (AvgIpc) is 2.97. The lowest BCUT2D eigenvalue weighted by Gasteiger charge is -2.27. The molecule has 104 valence electrons. The van der Waals surface area contributed by atoms with Crippen molar-refractivity contribution in [1.82, 2.24) is 15.1 Å². The maximum Gasteiger partial charge on any atom is 0.244 e. The fourth-order valence-corrected chi connectivity index (χ4v) is 3.06. The van der Waals surface area contributed by atoms with Crippen LogP contribution in [0, 0.1) is 0 Å². The Bertz CT molecular complexity index is 299. The van der Waals surface area contributed by atoms with E-state index in [1.807, 2.05) is 4.90 Å². The van der Waals surface area contributed by atoms with Crippen molar-refractivity contribution in [2.75, 3.05) is 26.8 Å². The largest absolute Gasteiger partial charge is 0.327 e. The molecule has 2 aliphatic rings. The summed E-state index contributed by atoms with van der Waals surface area (Å²) in [6.45, 7) is 7.01. The Kier molecular flexibility index (Phi) is 4.28. The molecular formula is C14H27N3O. The predicted octanol–water partition coefficient (Wildman–Crippen LogP) is 1.42. The zero-order valence-electron chi connectivity index (χ0n) is 12.0. The standard InChI is InChI=1S/C14H27N3O/c1-4-12(2)16(3)9-10-17-11-15-14(13(17)18)7-5-6-8-14/h12,15H,4-11H2,1-3H3. The maximum atomic E-state index is 12.4. The van der Waals surface area contributed by atoms with Gasteiger partial charge in [0.25, 0.3) is 0 Å². The zero-order chi connectivity index (χ0) is 13.2. The third kappa shape index (κ3) is 2.54. The molecule has 1 saturated heterocycles. The molecule has 1 heterocycles. The minimum absolute atomic E-state index is 0.186. The van der Waals surface area contributed by atoms with Gasteiger partial charge in [-0.1, -0.05) is 19.8 Å². The lowest BCUT2D eigenvalue weighted by Crippen LogP contribution is -2.45. The SMILES string of the molecule is CCC(C)N(C)CCN1CNC2(CCCC2)C1=O. The molecule has 2 rings (SSSR count). The highest BCUT2D eigenvalue weighted by Crippen LogP contribution is 2.34. The van der Waals surface area contributed by atoms with Crippen molar-refractivity contribution in [2.45, 2.75) is 57.5 Å². The van der Waals surface area contributed by atoms with Crippen molar-refractivity contribution in [2.24, 2.45) is 0 Å². The van der Waals surface area contributed by atoms with Gasteiger partial charge in [-0.2, -0.15) is 0 Å². The first kappa shape index (κ1) is 13.8. The lowest BCUT2D eigenvalue weighted by molar-refractivity contribution is -0.132. The van der Waals surface area contributed by atoms with E-state index < -0.39 is 0 Å². The van der Waals surface area contributed by atoms with Gasteiger partial charge in [-0.05, 0) is 33.2 Å². The van der Waals surface area contributed by atoms with Crippen LogP contribution < -0.4 is 5.32 Å². The van der Waals surface area contributed by atoms with E-state index in [9.17, 15) is 4.79 Å². The van der Waals surface area contributed by atoms with Gasteiger partial charge in [0, 0.05) is 19.1 Å². The number of likely N-dealkylation sites (N-methyl/N-ethyl adjacent to an activating group) is 1. The molecule has 0 aromatic heterocycles. The minimum atomic E-state index is -0.186. The Morgan fingerprint density at radius 3 is 2.72 bits per heavy atom. The van der Waals surface area contributed by atoms with Crippen LogP contribution in [-0.2, 0) is 4.79 Å². The Morgan fingerprint density at radius 2 is 2.11 bits per heavy atom. The average molecular weight is 253 g/mol. The maximum absolute atomic E-state index is 12.4. The van der Waals surface area contributed by atoms with Crippen LogP contribution in [-0.4, -0.2) is 54.1 Å². The summed E-state index contributed by atoms with van der Waals surface area (Å²) in [5, 5.41) is 3.46. The summed E-state index contributed by atoms with van der Waals surface area (Å²) in [6.07, 6.45) is 5.61. The van der Waals surface area contributed by atoms with E-state index in [1.54, 1.807) is 0 Å². The van der Waals surface area contributed by atoms with Gasteiger partial charge in [0.2, 0.25) is 5.91 Å². The van der Waals surface area contributed by atoms with Crippen molar-refractivity contribution >= 4 is 5.91 Å². The van der Waals surface area contributed by atoms with Gasteiger partial charge in [0.05, 0.1) is 12.2 Å². The third-order valence-electron chi connectivity index (χ3n) is 4.83. The second-order valence-electron chi connectivity index (χ2n) is 5.93. The molecule has 0 radical (unpaired) electrons. The van der Waals surface area contributed by atoms with Crippen LogP contribution in [0.5, 0.6) is 0 Å². The molecule has 2 fully saturated rings. The normalized spacial score (nSPS) is 24.4. The topological polar surface area (TPSA) is 35.6 Å². The summed E-state index contributed by atoms with van der Waals surface area (Å²) in [5.41, 5.74) is -0.186. The fourth-order valence-electron chi connectivity index (χ4n) is 3.06. The molecule has 1 atom stereocenters. The van der Waals surface area contributed by atoms with Crippen molar-refractivity contribution in [3.8, 4) is 0 Å². The van der Waals surface area contributed by atoms with Gasteiger partial charge in [-0.15, -0.1) is 0 Å². The van der Waals surface area contributed by atoms with Crippen LogP contribution in [0.2, 0.25) is 0 Å². The monoisotopic (exact) mass is 253 g/mol. The van der Waals surface area contributed by atoms with Crippen molar-refractivity contribution in [1.29, 1.82) is 0 Å². The van der Waals surface area contributed by atoms with Crippen molar-refractivity contribution in [3.63, 3.8) is 0 Å².